The molecule has 1 aliphatic rings. The molecule has 4 rings (SSSR count). The van der Waals surface area contributed by atoms with Crippen LogP contribution in [-0.4, -0.2) is 31.5 Å². The predicted octanol–water partition coefficient (Wildman–Crippen LogP) is 3.99. The Morgan fingerprint density at radius 1 is 1.24 bits per heavy atom. The highest BCUT2D eigenvalue weighted by Crippen LogP contribution is 2.45. The summed E-state index contributed by atoms with van der Waals surface area (Å²) in [4.78, 5) is 14.9. The molecule has 2 aromatic carbocycles. The van der Waals surface area contributed by atoms with E-state index < -0.39 is 37.4 Å². The van der Waals surface area contributed by atoms with E-state index in [2.05, 4.69) is 9.72 Å². The summed E-state index contributed by atoms with van der Waals surface area (Å²) in [5, 5.41) is -2.15. The van der Waals surface area contributed by atoms with Crippen molar-refractivity contribution < 1.29 is 26.7 Å². The maximum atomic E-state index is 16.2. The quantitative estimate of drug-likeness (QED) is 0.624. The van der Waals surface area contributed by atoms with Gasteiger partial charge in [0.05, 0.1) is 12.0 Å². The minimum atomic E-state index is -4.90. The van der Waals surface area contributed by atoms with Crippen molar-refractivity contribution in [2.24, 2.45) is 5.92 Å². The second-order valence-electron chi connectivity index (χ2n) is 6.97. The van der Waals surface area contributed by atoms with Crippen LogP contribution in [0.15, 0.2) is 47.4 Å². The Morgan fingerprint density at radius 3 is 2.69 bits per heavy atom. The lowest BCUT2D eigenvalue weighted by molar-refractivity contribution is -0.151. The number of H-pyrrole nitrogens is 1. The maximum absolute atomic E-state index is 16.2. The predicted molar refractivity (Wildman–Crippen MR) is 104 cm³/mol. The van der Waals surface area contributed by atoms with Crippen molar-refractivity contribution in [3.8, 4) is 0 Å². The average molecular weight is 440 g/mol. The standard InChI is InChI=1S/C20H16ClF2NO4S/c1-28-19(25)20(23,29(26,27)14-4-2-3-13(22)10-14)11-7-15-16-9-12(21)5-6-17(16)24-18(15)8-11/h2-6,9-11,24H,7-8H2,1H3/t11-,20+/m1/s1. The van der Waals surface area contributed by atoms with E-state index in [1.165, 1.54) is 0 Å². The summed E-state index contributed by atoms with van der Waals surface area (Å²) in [7, 11) is -3.98. The summed E-state index contributed by atoms with van der Waals surface area (Å²) >= 11 is 6.05. The summed E-state index contributed by atoms with van der Waals surface area (Å²) in [5.41, 5.74) is 2.12. The van der Waals surface area contributed by atoms with E-state index in [0.29, 0.717) is 22.3 Å². The Kier molecular flexibility index (Phi) is 4.66. The van der Waals surface area contributed by atoms with Crippen molar-refractivity contribution in [2.75, 3.05) is 7.11 Å². The van der Waals surface area contributed by atoms with Crippen molar-refractivity contribution in [3.63, 3.8) is 0 Å². The number of ether oxygens (including phenoxy) is 1. The van der Waals surface area contributed by atoms with Crippen molar-refractivity contribution >= 4 is 38.3 Å². The van der Waals surface area contributed by atoms with E-state index in [0.717, 1.165) is 36.2 Å². The van der Waals surface area contributed by atoms with Gasteiger partial charge in [0.15, 0.2) is 0 Å². The van der Waals surface area contributed by atoms with Gasteiger partial charge in [0.25, 0.3) is 0 Å². The van der Waals surface area contributed by atoms with Crippen LogP contribution in [0.5, 0.6) is 0 Å². The van der Waals surface area contributed by atoms with E-state index >= 15 is 4.39 Å². The molecule has 5 nitrogen and oxygen atoms in total. The molecule has 2 atom stereocenters. The van der Waals surface area contributed by atoms with E-state index in [1.807, 2.05) is 0 Å². The van der Waals surface area contributed by atoms with Gasteiger partial charge in [0.2, 0.25) is 9.84 Å². The van der Waals surface area contributed by atoms with Gasteiger partial charge >= 0.3 is 11.0 Å². The highest BCUT2D eigenvalue weighted by Gasteiger charge is 2.60. The highest BCUT2D eigenvalue weighted by atomic mass is 35.5. The number of benzene rings is 2. The fraction of sp³-hybridized carbons (Fsp3) is 0.250. The minimum absolute atomic E-state index is 0.0180. The van der Waals surface area contributed by atoms with Crippen LogP contribution in [0, 0.1) is 11.7 Å². The number of aromatic nitrogens is 1. The molecular weight excluding hydrogens is 424 g/mol. The number of halogens is 3. The number of carbonyl (C=O) groups excluding carboxylic acids is 1. The van der Waals surface area contributed by atoms with Gasteiger partial charge in [-0.3, -0.25) is 0 Å². The van der Waals surface area contributed by atoms with Crippen LogP contribution in [-0.2, 0) is 32.2 Å². The third kappa shape index (κ3) is 2.93. The molecule has 0 amide bonds. The Labute approximate surface area is 170 Å². The monoisotopic (exact) mass is 439 g/mol. The second kappa shape index (κ2) is 6.81. The molecular formula is C20H16ClF2NO4S. The molecule has 29 heavy (non-hydrogen) atoms. The Balaban J connectivity index is 1.81. The lowest BCUT2D eigenvalue weighted by Gasteiger charge is -2.28. The van der Waals surface area contributed by atoms with Crippen LogP contribution in [0.4, 0.5) is 8.78 Å². The topological polar surface area (TPSA) is 76.2 Å². The average Bonchev–Trinajstić information content (AvgIpc) is 3.25. The van der Waals surface area contributed by atoms with Crippen LogP contribution >= 0.6 is 11.6 Å². The van der Waals surface area contributed by atoms with Gasteiger partial charge in [-0.15, -0.1) is 0 Å². The highest BCUT2D eigenvalue weighted by molar-refractivity contribution is 7.93. The van der Waals surface area contributed by atoms with E-state index in [-0.39, 0.29) is 12.8 Å². The third-order valence-electron chi connectivity index (χ3n) is 5.34. The van der Waals surface area contributed by atoms with Gasteiger partial charge in [-0.1, -0.05) is 17.7 Å². The molecule has 1 aliphatic carbocycles. The Hall–Kier alpha value is -2.45. The number of fused-ring (bicyclic) bond motifs is 3. The number of alkyl halides is 1. The molecule has 1 aromatic heterocycles. The molecule has 0 radical (unpaired) electrons. The molecule has 0 spiro atoms. The number of esters is 1. The first-order valence-corrected chi connectivity index (χ1v) is 10.6. The molecule has 1 heterocycles. The van der Waals surface area contributed by atoms with Crippen LogP contribution in [0.3, 0.4) is 0 Å². The Bertz CT molecular complexity index is 1240. The lowest BCUT2D eigenvalue weighted by atomic mass is 9.98. The number of rotatable bonds is 4. The molecule has 0 bridgehead atoms. The van der Waals surface area contributed by atoms with Gasteiger partial charge in [0.1, 0.15) is 5.82 Å². The van der Waals surface area contributed by atoms with Crippen LogP contribution in [0.1, 0.15) is 11.3 Å². The number of hydrogen-bond donors (Lipinski definition) is 1. The first kappa shape index (κ1) is 19.8. The molecule has 152 valence electrons. The molecule has 0 unspecified atom stereocenters. The zero-order chi connectivity index (χ0) is 21.0. The number of carbonyl (C=O) groups is 1. The van der Waals surface area contributed by atoms with Gasteiger partial charge < -0.3 is 9.72 Å². The first-order chi connectivity index (χ1) is 13.7. The normalized spacial score (nSPS) is 18.4. The van der Waals surface area contributed by atoms with Crippen molar-refractivity contribution in [3.05, 3.63) is 64.6 Å². The molecule has 0 saturated carbocycles. The van der Waals surface area contributed by atoms with Gasteiger partial charge in [-0.2, -0.15) is 0 Å². The summed E-state index contributed by atoms with van der Waals surface area (Å²) in [5.74, 6) is -3.62. The smallest absolute Gasteiger partial charge is 0.360 e. The van der Waals surface area contributed by atoms with Gasteiger partial charge in [0, 0.05) is 27.5 Å². The molecule has 0 aliphatic heterocycles. The minimum Gasteiger partial charge on any atom is -0.466 e. The maximum Gasteiger partial charge on any atom is 0.360 e. The lowest BCUT2D eigenvalue weighted by Crippen LogP contribution is -2.50. The summed E-state index contributed by atoms with van der Waals surface area (Å²) in [6, 6.07) is 9.11. The fourth-order valence-corrected chi connectivity index (χ4v) is 5.90. The van der Waals surface area contributed by atoms with Gasteiger partial charge in [-0.25, -0.2) is 22.0 Å². The van der Waals surface area contributed by atoms with Gasteiger partial charge in [-0.05, 0) is 54.8 Å². The molecule has 9 heteroatoms. The van der Waals surface area contributed by atoms with Crippen molar-refractivity contribution in [1.29, 1.82) is 0 Å². The van der Waals surface area contributed by atoms with E-state index in [9.17, 15) is 17.6 Å². The zero-order valence-corrected chi connectivity index (χ0v) is 16.8. The third-order valence-corrected chi connectivity index (χ3v) is 7.74. The van der Waals surface area contributed by atoms with Crippen LogP contribution in [0.25, 0.3) is 10.9 Å². The largest absolute Gasteiger partial charge is 0.466 e. The number of sulfone groups is 1. The zero-order valence-electron chi connectivity index (χ0n) is 15.2. The summed E-state index contributed by atoms with van der Waals surface area (Å²) < 4.78 is 60.5. The number of nitrogens with one attached hydrogen (secondary N) is 1. The van der Waals surface area contributed by atoms with E-state index in [4.69, 9.17) is 11.6 Å². The van der Waals surface area contributed by atoms with Crippen molar-refractivity contribution in [2.45, 2.75) is 22.7 Å². The van der Waals surface area contributed by atoms with Crippen LogP contribution < -0.4 is 0 Å². The van der Waals surface area contributed by atoms with Crippen LogP contribution in [0.2, 0.25) is 5.02 Å². The molecule has 3 aromatic rings. The molecule has 0 fully saturated rings. The Morgan fingerprint density at radius 2 is 2.00 bits per heavy atom. The first-order valence-electron chi connectivity index (χ1n) is 8.75. The second-order valence-corrected chi connectivity index (χ2v) is 9.48. The van der Waals surface area contributed by atoms with Crippen molar-refractivity contribution in [1.82, 2.24) is 4.98 Å². The number of hydrogen-bond acceptors (Lipinski definition) is 4. The summed E-state index contributed by atoms with van der Waals surface area (Å²) in [6.07, 6.45) is -0.0440. The fourth-order valence-electron chi connectivity index (χ4n) is 3.95. The summed E-state index contributed by atoms with van der Waals surface area (Å²) in [6.45, 7) is 0. The molecule has 1 N–H and O–H groups in total. The van der Waals surface area contributed by atoms with E-state index in [1.54, 1.807) is 18.2 Å². The number of methoxy groups -OCH3 is 1. The number of aromatic amines is 1. The SMILES string of the molecule is COC(=O)[C@](F)([C@H]1Cc2[nH]c3ccc(Cl)cc3c2C1)S(=O)(=O)c1cccc(F)c1. The molecule has 0 saturated heterocycles.